The molecule has 5 nitrogen and oxygen atoms in total. The van der Waals surface area contributed by atoms with Crippen LogP contribution >= 0.6 is 0 Å². The van der Waals surface area contributed by atoms with Gasteiger partial charge >= 0.3 is 18.3 Å². The van der Waals surface area contributed by atoms with Crippen LogP contribution in [0.25, 0.3) is 0 Å². The van der Waals surface area contributed by atoms with Gasteiger partial charge in [-0.15, -0.1) is 0 Å². The minimum atomic E-state index is -5.08. The molecule has 1 aliphatic heterocycles. The van der Waals surface area contributed by atoms with E-state index in [4.69, 9.17) is 14.6 Å². The number of ether oxygens (including phenoxy) is 1. The summed E-state index contributed by atoms with van der Waals surface area (Å²) >= 11 is 0. The maximum absolute atomic E-state index is 12.3. The third-order valence-corrected chi connectivity index (χ3v) is 3.91. The van der Waals surface area contributed by atoms with E-state index in [1.54, 1.807) is 0 Å². The van der Waals surface area contributed by atoms with Crippen LogP contribution in [0.3, 0.4) is 0 Å². The van der Waals surface area contributed by atoms with Crippen LogP contribution in [0.2, 0.25) is 0 Å². The standard InChI is InChI=1S/C12H13F3N2O.C2HF3O2/c13-12(14,15)8-1-2-10(17-5-8)18-9-3-11(4-9)6-16-7-11;3-2(4,5)1(6)7/h1-2,5,9,16H,3-4,6-7H2;(H,6,7). The summed E-state index contributed by atoms with van der Waals surface area (Å²) in [7, 11) is 0. The number of aliphatic carboxylic acids is 1. The average molecular weight is 372 g/mol. The van der Waals surface area contributed by atoms with Gasteiger partial charge in [-0.05, 0) is 18.9 Å². The predicted octanol–water partition coefficient (Wildman–Crippen LogP) is 2.86. The van der Waals surface area contributed by atoms with Gasteiger partial charge in [0.2, 0.25) is 5.88 Å². The zero-order valence-corrected chi connectivity index (χ0v) is 12.6. The normalized spacial score (nSPS) is 19.3. The molecule has 0 aromatic carbocycles. The molecule has 0 radical (unpaired) electrons. The number of pyridine rings is 1. The van der Waals surface area contributed by atoms with Gasteiger partial charge in [-0.2, -0.15) is 26.3 Å². The van der Waals surface area contributed by atoms with Gasteiger partial charge in [0, 0.05) is 30.8 Å². The molecular formula is C14H14F6N2O3. The molecule has 1 aliphatic carbocycles. The summed E-state index contributed by atoms with van der Waals surface area (Å²) in [6, 6.07) is 2.29. The van der Waals surface area contributed by atoms with Crippen LogP contribution in [0.4, 0.5) is 26.3 Å². The summed E-state index contributed by atoms with van der Waals surface area (Å²) in [6.45, 7) is 2.04. The number of hydrogen-bond acceptors (Lipinski definition) is 4. The number of carbonyl (C=O) groups is 1. The highest BCUT2D eigenvalue weighted by Crippen LogP contribution is 2.45. The second kappa shape index (κ2) is 6.70. The molecular weight excluding hydrogens is 358 g/mol. The van der Waals surface area contributed by atoms with Gasteiger partial charge < -0.3 is 15.2 Å². The molecule has 1 saturated carbocycles. The lowest BCUT2D eigenvalue weighted by Gasteiger charge is -2.53. The molecule has 0 atom stereocenters. The van der Waals surface area contributed by atoms with Crippen LogP contribution in [0.15, 0.2) is 18.3 Å². The third-order valence-electron chi connectivity index (χ3n) is 3.91. The first-order valence-electron chi connectivity index (χ1n) is 7.12. The Kier molecular flexibility index (Phi) is 5.17. The number of carboxylic acid groups (broad SMARTS) is 1. The van der Waals surface area contributed by atoms with Crippen molar-refractivity contribution in [3.05, 3.63) is 23.9 Å². The highest BCUT2D eigenvalue weighted by molar-refractivity contribution is 5.73. The molecule has 0 amide bonds. The quantitative estimate of drug-likeness (QED) is 0.782. The average Bonchev–Trinajstić information content (AvgIpc) is 2.39. The number of nitrogens with one attached hydrogen (secondary N) is 1. The topological polar surface area (TPSA) is 71.5 Å². The molecule has 11 heteroatoms. The Morgan fingerprint density at radius 1 is 1.20 bits per heavy atom. The maximum Gasteiger partial charge on any atom is 0.490 e. The number of aromatic nitrogens is 1. The summed E-state index contributed by atoms with van der Waals surface area (Å²) in [4.78, 5) is 12.6. The zero-order chi connectivity index (χ0) is 18.9. The van der Waals surface area contributed by atoms with Crippen molar-refractivity contribution in [1.29, 1.82) is 0 Å². The number of rotatable bonds is 2. The maximum atomic E-state index is 12.3. The van der Waals surface area contributed by atoms with Crippen molar-refractivity contribution in [2.45, 2.75) is 31.3 Å². The van der Waals surface area contributed by atoms with Crippen LogP contribution in [0, 0.1) is 5.41 Å². The van der Waals surface area contributed by atoms with Crippen molar-refractivity contribution >= 4 is 5.97 Å². The van der Waals surface area contributed by atoms with E-state index in [0.717, 1.165) is 38.2 Å². The Morgan fingerprint density at radius 3 is 2.08 bits per heavy atom. The largest absolute Gasteiger partial charge is 0.490 e. The molecule has 2 heterocycles. The van der Waals surface area contributed by atoms with Gasteiger partial charge in [0.05, 0.1) is 5.56 Å². The van der Waals surface area contributed by atoms with Gasteiger partial charge in [0.1, 0.15) is 6.10 Å². The number of carboxylic acids is 1. The van der Waals surface area contributed by atoms with Crippen LogP contribution in [-0.4, -0.2) is 41.4 Å². The van der Waals surface area contributed by atoms with Gasteiger partial charge in [-0.1, -0.05) is 0 Å². The van der Waals surface area contributed by atoms with Crippen LogP contribution in [0.1, 0.15) is 18.4 Å². The minimum Gasteiger partial charge on any atom is -0.475 e. The van der Waals surface area contributed by atoms with E-state index in [2.05, 4.69) is 10.3 Å². The summed E-state index contributed by atoms with van der Waals surface area (Å²) in [6.07, 6.45) is -6.60. The molecule has 3 rings (SSSR count). The molecule has 0 bridgehead atoms. The highest BCUT2D eigenvalue weighted by atomic mass is 19.4. The molecule has 2 aliphatic rings. The lowest BCUT2D eigenvalue weighted by molar-refractivity contribution is -0.192. The first-order valence-corrected chi connectivity index (χ1v) is 7.12. The summed E-state index contributed by atoms with van der Waals surface area (Å²) in [5, 5.41) is 10.3. The van der Waals surface area contributed by atoms with E-state index in [0.29, 0.717) is 5.41 Å². The van der Waals surface area contributed by atoms with Crippen molar-refractivity contribution < 1.29 is 41.0 Å². The summed E-state index contributed by atoms with van der Waals surface area (Å²) in [5.74, 6) is -2.48. The van der Waals surface area contributed by atoms with Gasteiger partial charge in [-0.3, -0.25) is 0 Å². The molecule has 25 heavy (non-hydrogen) atoms. The predicted molar refractivity (Wildman–Crippen MR) is 71.9 cm³/mol. The molecule has 1 saturated heterocycles. The second-order valence-corrected chi connectivity index (χ2v) is 5.94. The third kappa shape index (κ3) is 4.97. The summed E-state index contributed by atoms with van der Waals surface area (Å²) < 4.78 is 74.3. The molecule has 1 spiro atoms. The molecule has 140 valence electrons. The van der Waals surface area contributed by atoms with E-state index in [-0.39, 0.29) is 12.0 Å². The Morgan fingerprint density at radius 2 is 1.76 bits per heavy atom. The number of hydrogen-bond donors (Lipinski definition) is 2. The van der Waals surface area contributed by atoms with Crippen molar-refractivity contribution in [3.63, 3.8) is 0 Å². The van der Waals surface area contributed by atoms with Gasteiger partial charge in [0.15, 0.2) is 0 Å². The molecule has 1 aromatic heterocycles. The number of alkyl halides is 6. The fraction of sp³-hybridized carbons (Fsp3) is 0.571. The fourth-order valence-electron chi connectivity index (χ4n) is 2.55. The first-order chi connectivity index (χ1) is 11.4. The van der Waals surface area contributed by atoms with E-state index in [9.17, 15) is 26.3 Å². The SMILES string of the molecule is FC(F)(F)c1ccc(OC2CC3(CNC3)C2)nc1.O=C(O)C(F)(F)F. The van der Waals surface area contributed by atoms with Gasteiger partial charge in [0.25, 0.3) is 0 Å². The Labute approximate surface area is 138 Å². The Balaban J connectivity index is 0.000000277. The molecule has 2 fully saturated rings. The zero-order valence-electron chi connectivity index (χ0n) is 12.6. The van der Waals surface area contributed by atoms with E-state index >= 15 is 0 Å². The first kappa shape index (κ1) is 19.3. The van der Waals surface area contributed by atoms with Crippen LogP contribution in [0.5, 0.6) is 5.88 Å². The van der Waals surface area contributed by atoms with Crippen molar-refractivity contribution in [3.8, 4) is 5.88 Å². The van der Waals surface area contributed by atoms with Crippen molar-refractivity contribution in [2.24, 2.45) is 5.41 Å². The van der Waals surface area contributed by atoms with Crippen molar-refractivity contribution in [1.82, 2.24) is 10.3 Å². The van der Waals surface area contributed by atoms with Gasteiger partial charge in [-0.25, -0.2) is 9.78 Å². The van der Waals surface area contributed by atoms with Crippen LogP contribution in [-0.2, 0) is 11.0 Å². The number of halogens is 6. The van der Waals surface area contributed by atoms with E-state index in [1.165, 1.54) is 6.07 Å². The molecule has 1 aromatic rings. The van der Waals surface area contributed by atoms with E-state index in [1.807, 2.05) is 0 Å². The Bertz CT molecular complexity index is 602. The lowest BCUT2D eigenvalue weighted by atomic mass is 9.63. The second-order valence-electron chi connectivity index (χ2n) is 5.94. The monoisotopic (exact) mass is 372 g/mol. The smallest absolute Gasteiger partial charge is 0.475 e. The highest BCUT2D eigenvalue weighted by Gasteiger charge is 2.49. The molecule has 2 N–H and O–H groups in total. The Hall–Kier alpha value is -2.04. The van der Waals surface area contributed by atoms with E-state index < -0.39 is 23.9 Å². The lowest BCUT2D eigenvalue weighted by Crippen LogP contribution is -2.62. The van der Waals surface area contributed by atoms with Crippen LogP contribution < -0.4 is 10.1 Å². The minimum absolute atomic E-state index is 0.0938. The number of nitrogens with zero attached hydrogens (tertiary/aromatic N) is 1. The fourth-order valence-corrected chi connectivity index (χ4v) is 2.55. The van der Waals surface area contributed by atoms with Crippen molar-refractivity contribution in [2.75, 3.05) is 13.1 Å². The summed E-state index contributed by atoms with van der Waals surface area (Å²) in [5.41, 5.74) is -0.362. The molecule has 0 unspecified atom stereocenters.